The highest BCUT2D eigenvalue weighted by atomic mass is 19.4. The van der Waals surface area contributed by atoms with Gasteiger partial charge in [0.05, 0.1) is 16.5 Å². The number of hydrogen-bond acceptors (Lipinski definition) is 1. The molecule has 2 aliphatic carbocycles. The molecule has 1 aliphatic heterocycles. The molecule has 0 radical (unpaired) electrons. The molecule has 1 nitrogen and oxygen atoms in total. The van der Waals surface area contributed by atoms with Gasteiger partial charge in [-0.05, 0) is 138 Å². The first kappa shape index (κ1) is 39.0. The summed E-state index contributed by atoms with van der Waals surface area (Å²) in [5, 5.41) is 5.82. The Morgan fingerprint density at radius 1 is 0.556 bits per heavy atom. The molecule has 63 heavy (non-hydrogen) atoms. The summed E-state index contributed by atoms with van der Waals surface area (Å²) in [4.78, 5) is 0. The number of rotatable bonds is 4. The van der Waals surface area contributed by atoms with Crippen LogP contribution in [-0.4, -0.2) is 6.10 Å². The van der Waals surface area contributed by atoms with E-state index in [-0.39, 0.29) is 12.0 Å². The van der Waals surface area contributed by atoms with E-state index in [4.69, 9.17) is 4.74 Å². The van der Waals surface area contributed by atoms with Crippen LogP contribution < -0.4 is 4.74 Å². The molecule has 7 heteroatoms. The lowest BCUT2D eigenvalue weighted by Gasteiger charge is -2.34. The first-order valence-corrected chi connectivity index (χ1v) is 21.1. The second-order valence-corrected chi connectivity index (χ2v) is 17.2. The van der Waals surface area contributed by atoms with E-state index >= 15 is 0 Å². The fraction of sp³-hybridized carbons (Fsp3) is 0.143. The summed E-state index contributed by atoms with van der Waals surface area (Å²) in [6, 6.07) is 41.6. The van der Waals surface area contributed by atoms with Gasteiger partial charge in [0.2, 0.25) is 0 Å². The van der Waals surface area contributed by atoms with Crippen LogP contribution in [0.25, 0.3) is 77.3 Å². The van der Waals surface area contributed by atoms with Crippen LogP contribution in [-0.2, 0) is 24.2 Å². The van der Waals surface area contributed by atoms with Gasteiger partial charge < -0.3 is 4.74 Å². The maximum absolute atomic E-state index is 13.7. The molecular weight excluding hydrogens is 803 g/mol. The molecule has 0 fully saturated rings. The number of fused-ring (bicyclic) bond motifs is 7. The number of ether oxygens (including phenoxy) is 1. The fourth-order valence-electron chi connectivity index (χ4n) is 10.4. The molecule has 0 N–H and O–H groups in total. The zero-order valence-electron chi connectivity index (χ0n) is 34.2. The number of halogens is 6. The standard InChI is InChI=1S/C56H38F6O/c1-32-17-27-44-46(30-32)50(34-20-25-37(26-21-34)56(60,61)62)42-14-7-8-15-43(42)52(44)45-16-9-29-54(2)47-31-35(22-28-48(47)63-53(45)54)51-40-12-5-3-10-38(40)49(39-11-4-6-13-41(39)51)33-18-23-36(24-19-33)55(57,58)59/h3-29,31-32,53H,30H2,1-2H3. The number of benzene rings is 8. The Morgan fingerprint density at radius 2 is 1.02 bits per heavy atom. The highest BCUT2D eigenvalue weighted by Crippen LogP contribution is 2.55. The Bertz CT molecular complexity index is 3220. The minimum atomic E-state index is -4.44. The Morgan fingerprint density at radius 3 is 1.54 bits per heavy atom. The van der Waals surface area contributed by atoms with E-state index in [0.717, 1.165) is 112 Å². The van der Waals surface area contributed by atoms with Crippen LogP contribution in [0.5, 0.6) is 5.75 Å². The molecule has 3 unspecified atom stereocenters. The Labute approximate surface area is 360 Å². The summed E-state index contributed by atoms with van der Waals surface area (Å²) in [6.07, 6.45) is 2.34. The predicted molar refractivity (Wildman–Crippen MR) is 243 cm³/mol. The van der Waals surface area contributed by atoms with E-state index in [9.17, 15) is 26.3 Å². The molecule has 8 aromatic carbocycles. The van der Waals surface area contributed by atoms with Crippen LogP contribution in [0.15, 0.2) is 164 Å². The Kier molecular flexibility index (Phi) is 8.72. The van der Waals surface area contributed by atoms with E-state index in [1.807, 2.05) is 48.5 Å². The third kappa shape index (κ3) is 6.15. The van der Waals surface area contributed by atoms with Gasteiger partial charge in [0.15, 0.2) is 0 Å². The highest BCUT2D eigenvalue weighted by molar-refractivity contribution is 6.21. The van der Waals surface area contributed by atoms with Crippen LogP contribution >= 0.6 is 0 Å². The first-order valence-electron chi connectivity index (χ1n) is 21.1. The normalized spacial score (nSPS) is 19.2. The smallest absolute Gasteiger partial charge is 0.416 e. The molecule has 0 spiro atoms. The fourth-order valence-corrected chi connectivity index (χ4v) is 10.4. The number of allylic oxidation sites excluding steroid dienone is 3. The van der Waals surface area contributed by atoms with E-state index in [0.29, 0.717) is 5.56 Å². The van der Waals surface area contributed by atoms with Gasteiger partial charge in [-0.25, -0.2) is 0 Å². The molecule has 0 bridgehead atoms. The summed E-state index contributed by atoms with van der Waals surface area (Å²) in [6.45, 7) is 4.37. The van der Waals surface area contributed by atoms with Crippen molar-refractivity contribution < 1.29 is 31.1 Å². The molecule has 0 amide bonds. The molecular formula is C56H38F6O. The van der Waals surface area contributed by atoms with Gasteiger partial charge in [-0.1, -0.05) is 140 Å². The van der Waals surface area contributed by atoms with Crippen molar-refractivity contribution in [2.24, 2.45) is 5.92 Å². The average molecular weight is 841 g/mol. The summed E-state index contributed by atoms with van der Waals surface area (Å²) in [7, 11) is 0. The van der Waals surface area contributed by atoms with Crippen molar-refractivity contribution in [3.05, 3.63) is 197 Å². The van der Waals surface area contributed by atoms with Crippen LogP contribution in [0.3, 0.4) is 0 Å². The lowest BCUT2D eigenvalue weighted by molar-refractivity contribution is -0.138. The monoisotopic (exact) mass is 840 g/mol. The molecule has 0 aromatic heterocycles. The molecule has 3 aliphatic rings. The topological polar surface area (TPSA) is 9.23 Å². The first-order chi connectivity index (χ1) is 30.3. The van der Waals surface area contributed by atoms with Crippen LogP contribution in [0.2, 0.25) is 0 Å². The highest BCUT2D eigenvalue weighted by Gasteiger charge is 2.48. The number of hydrogen-bond donors (Lipinski definition) is 0. The third-order valence-electron chi connectivity index (χ3n) is 13.3. The van der Waals surface area contributed by atoms with Crippen molar-refractivity contribution in [3.63, 3.8) is 0 Å². The van der Waals surface area contributed by atoms with Gasteiger partial charge in [0.25, 0.3) is 0 Å². The van der Waals surface area contributed by atoms with E-state index in [2.05, 4.69) is 86.7 Å². The molecule has 3 atom stereocenters. The van der Waals surface area contributed by atoms with Crippen LogP contribution in [0, 0.1) is 5.92 Å². The van der Waals surface area contributed by atoms with Crippen LogP contribution in [0.1, 0.15) is 47.2 Å². The molecule has 8 aromatic rings. The Balaban J connectivity index is 1.05. The summed E-state index contributed by atoms with van der Waals surface area (Å²) < 4.78 is 88.9. The Hall–Kier alpha value is -6.86. The molecule has 310 valence electrons. The molecule has 0 saturated heterocycles. The van der Waals surface area contributed by atoms with Crippen molar-refractivity contribution in [3.8, 4) is 39.1 Å². The molecule has 1 heterocycles. The van der Waals surface area contributed by atoms with Gasteiger partial charge in [0.1, 0.15) is 11.9 Å². The predicted octanol–water partition coefficient (Wildman–Crippen LogP) is 16.1. The average Bonchev–Trinajstić information content (AvgIpc) is 3.58. The molecule has 11 rings (SSSR count). The zero-order valence-corrected chi connectivity index (χ0v) is 34.2. The van der Waals surface area contributed by atoms with Gasteiger partial charge in [-0.2, -0.15) is 26.3 Å². The van der Waals surface area contributed by atoms with Crippen LogP contribution in [0.4, 0.5) is 26.3 Å². The maximum atomic E-state index is 13.7. The van der Waals surface area contributed by atoms with E-state index in [1.54, 1.807) is 24.3 Å². The van der Waals surface area contributed by atoms with Crippen molar-refractivity contribution >= 4 is 44.0 Å². The lowest BCUT2D eigenvalue weighted by Crippen LogP contribution is -2.36. The SMILES string of the molecule is CC1C=Cc2c(c(-c3ccc(C(F)(F)F)cc3)c3ccccc3c2C2=CC=CC3(C)c4cc(-c5c6ccccc6c(-c6ccc(C(F)(F)F)cc6)c6ccccc56)ccc4OC23)C1. The molecule has 0 saturated carbocycles. The zero-order chi connectivity index (χ0) is 43.4. The third-order valence-corrected chi connectivity index (χ3v) is 13.3. The van der Waals surface area contributed by atoms with Crippen molar-refractivity contribution in [2.75, 3.05) is 0 Å². The number of alkyl halides is 6. The summed E-state index contributed by atoms with van der Waals surface area (Å²) in [5.74, 6) is 1.01. The van der Waals surface area contributed by atoms with Gasteiger partial charge in [-0.15, -0.1) is 0 Å². The second-order valence-electron chi connectivity index (χ2n) is 17.2. The summed E-state index contributed by atoms with van der Waals surface area (Å²) >= 11 is 0. The van der Waals surface area contributed by atoms with Crippen molar-refractivity contribution in [1.82, 2.24) is 0 Å². The maximum Gasteiger partial charge on any atom is 0.416 e. The minimum absolute atomic E-state index is 0.228. The van der Waals surface area contributed by atoms with Gasteiger partial charge >= 0.3 is 12.4 Å². The van der Waals surface area contributed by atoms with E-state index in [1.165, 1.54) is 12.1 Å². The largest absolute Gasteiger partial charge is 0.484 e. The summed E-state index contributed by atoms with van der Waals surface area (Å²) in [5.41, 5.74) is 8.65. The van der Waals surface area contributed by atoms with Crippen molar-refractivity contribution in [2.45, 2.75) is 44.1 Å². The quantitative estimate of drug-likeness (QED) is 0.127. The lowest BCUT2D eigenvalue weighted by atomic mass is 9.69. The van der Waals surface area contributed by atoms with Gasteiger partial charge in [0, 0.05) is 11.1 Å². The van der Waals surface area contributed by atoms with Gasteiger partial charge in [-0.3, -0.25) is 0 Å². The minimum Gasteiger partial charge on any atom is -0.484 e. The van der Waals surface area contributed by atoms with E-state index < -0.39 is 28.9 Å². The van der Waals surface area contributed by atoms with Crippen molar-refractivity contribution in [1.29, 1.82) is 0 Å². The second kappa shape index (κ2) is 14.1.